The third kappa shape index (κ3) is 2.60. The van der Waals surface area contributed by atoms with Crippen molar-refractivity contribution in [2.45, 2.75) is 25.6 Å². The molecule has 0 spiro atoms. The molecule has 0 saturated heterocycles. The Bertz CT molecular complexity index is 577. The van der Waals surface area contributed by atoms with Crippen molar-refractivity contribution < 1.29 is 13.2 Å². The van der Waals surface area contributed by atoms with Gasteiger partial charge in [-0.05, 0) is 25.1 Å². The second-order valence-corrected chi connectivity index (χ2v) is 5.06. The van der Waals surface area contributed by atoms with Gasteiger partial charge in [0, 0.05) is 10.5 Å². The molecule has 7 heteroatoms. The molecular weight excluding hydrogens is 311 g/mol. The van der Waals surface area contributed by atoms with Crippen molar-refractivity contribution in [3.63, 3.8) is 0 Å². The molecule has 0 aliphatic carbocycles. The molecule has 18 heavy (non-hydrogen) atoms. The van der Waals surface area contributed by atoms with Gasteiger partial charge in [0.2, 0.25) is 5.95 Å². The number of nitrogens with zero attached hydrogens (tertiary/aromatic N) is 2. The number of hydrogen-bond acceptors (Lipinski definition) is 2. The zero-order valence-corrected chi connectivity index (χ0v) is 11.1. The minimum absolute atomic E-state index is 0.0971. The average molecular weight is 322 g/mol. The standard InChI is InChI=1S/C11H11BrF3N3/c1-6(5-11(13,14)15)18-9-3-2-7(12)4-8(9)17-10(18)16/h2-4,6H,5H2,1H3,(H2,16,17). The molecule has 0 fully saturated rings. The molecule has 0 saturated carbocycles. The number of halogens is 4. The fourth-order valence-corrected chi connectivity index (χ4v) is 2.33. The van der Waals surface area contributed by atoms with Crippen LogP contribution in [0.3, 0.4) is 0 Å². The first-order chi connectivity index (χ1) is 8.28. The molecule has 0 radical (unpaired) electrons. The first-order valence-electron chi connectivity index (χ1n) is 5.27. The predicted octanol–water partition coefficient (Wildman–Crippen LogP) is 3.89. The lowest BCUT2D eigenvalue weighted by Gasteiger charge is -2.17. The number of aromatic nitrogens is 2. The summed E-state index contributed by atoms with van der Waals surface area (Å²) < 4.78 is 39.5. The van der Waals surface area contributed by atoms with Crippen molar-refractivity contribution in [1.29, 1.82) is 0 Å². The highest BCUT2D eigenvalue weighted by molar-refractivity contribution is 9.10. The lowest BCUT2D eigenvalue weighted by atomic mass is 10.2. The van der Waals surface area contributed by atoms with Gasteiger partial charge in [0.05, 0.1) is 17.5 Å². The third-order valence-corrected chi connectivity index (χ3v) is 3.14. The summed E-state index contributed by atoms with van der Waals surface area (Å²) in [5.74, 6) is 0.0971. The van der Waals surface area contributed by atoms with Gasteiger partial charge >= 0.3 is 6.18 Å². The van der Waals surface area contributed by atoms with Crippen molar-refractivity contribution in [2.24, 2.45) is 0 Å². The van der Waals surface area contributed by atoms with Crippen molar-refractivity contribution in [1.82, 2.24) is 9.55 Å². The molecule has 1 aromatic heterocycles. The van der Waals surface area contributed by atoms with E-state index >= 15 is 0 Å². The molecule has 0 aliphatic rings. The van der Waals surface area contributed by atoms with Gasteiger partial charge in [-0.2, -0.15) is 13.2 Å². The van der Waals surface area contributed by atoms with Crippen LogP contribution in [0.2, 0.25) is 0 Å². The van der Waals surface area contributed by atoms with Crippen molar-refractivity contribution in [2.75, 3.05) is 5.73 Å². The summed E-state index contributed by atoms with van der Waals surface area (Å²) in [4.78, 5) is 4.07. The number of nitrogens with two attached hydrogens (primary N) is 1. The van der Waals surface area contributed by atoms with E-state index in [-0.39, 0.29) is 5.95 Å². The number of imidazole rings is 1. The second kappa shape index (κ2) is 4.46. The maximum atomic E-state index is 12.4. The molecule has 1 atom stereocenters. The summed E-state index contributed by atoms with van der Waals surface area (Å²) >= 11 is 3.28. The zero-order valence-electron chi connectivity index (χ0n) is 9.50. The van der Waals surface area contributed by atoms with Crippen molar-refractivity contribution in [3.05, 3.63) is 22.7 Å². The van der Waals surface area contributed by atoms with Gasteiger partial charge in [-0.25, -0.2) is 4.98 Å². The predicted molar refractivity (Wildman–Crippen MR) is 67.2 cm³/mol. The van der Waals surface area contributed by atoms with Crippen LogP contribution in [-0.2, 0) is 0 Å². The zero-order chi connectivity index (χ0) is 13.5. The van der Waals surface area contributed by atoms with E-state index in [0.29, 0.717) is 11.0 Å². The highest BCUT2D eigenvalue weighted by atomic mass is 79.9. The van der Waals surface area contributed by atoms with E-state index in [9.17, 15) is 13.2 Å². The normalized spacial score (nSPS) is 14.1. The van der Waals surface area contributed by atoms with Crippen LogP contribution < -0.4 is 5.73 Å². The van der Waals surface area contributed by atoms with Crippen LogP contribution in [0.5, 0.6) is 0 Å². The highest BCUT2D eigenvalue weighted by Gasteiger charge is 2.31. The number of hydrogen-bond donors (Lipinski definition) is 1. The van der Waals surface area contributed by atoms with Gasteiger partial charge in [-0.15, -0.1) is 0 Å². The van der Waals surface area contributed by atoms with E-state index in [1.807, 2.05) is 0 Å². The Hall–Kier alpha value is -1.24. The fourth-order valence-electron chi connectivity index (χ4n) is 1.98. The Morgan fingerprint density at radius 2 is 2.11 bits per heavy atom. The maximum absolute atomic E-state index is 12.4. The molecule has 2 rings (SSSR count). The van der Waals surface area contributed by atoms with Crippen molar-refractivity contribution in [3.8, 4) is 0 Å². The van der Waals surface area contributed by atoms with Crippen LogP contribution in [0.25, 0.3) is 11.0 Å². The first kappa shape index (κ1) is 13.2. The van der Waals surface area contributed by atoms with E-state index in [0.717, 1.165) is 4.47 Å². The molecule has 0 bridgehead atoms. The molecule has 98 valence electrons. The molecular formula is C11H11BrF3N3. The highest BCUT2D eigenvalue weighted by Crippen LogP contribution is 2.32. The molecule has 0 aliphatic heterocycles. The Balaban J connectivity index is 2.47. The number of rotatable bonds is 2. The molecule has 2 N–H and O–H groups in total. The van der Waals surface area contributed by atoms with Crippen LogP contribution in [0.15, 0.2) is 22.7 Å². The minimum atomic E-state index is -4.22. The van der Waals surface area contributed by atoms with Crippen LogP contribution in [-0.4, -0.2) is 15.7 Å². The quantitative estimate of drug-likeness (QED) is 0.911. The molecule has 0 amide bonds. The van der Waals surface area contributed by atoms with Gasteiger partial charge in [0.15, 0.2) is 0 Å². The molecule has 1 unspecified atom stereocenters. The van der Waals surface area contributed by atoms with E-state index in [4.69, 9.17) is 5.73 Å². The third-order valence-electron chi connectivity index (χ3n) is 2.65. The Morgan fingerprint density at radius 3 is 2.72 bits per heavy atom. The smallest absolute Gasteiger partial charge is 0.369 e. The largest absolute Gasteiger partial charge is 0.391 e. The van der Waals surface area contributed by atoms with E-state index in [1.165, 1.54) is 11.5 Å². The van der Waals surface area contributed by atoms with Crippen LogP contribution in [0.1, 0.15) is 19.4 Å². The summed E-state index contributed by atoms with van der Waals surface area (Å²) in [6.45, 7) is 1.48. The van der Waals surface area contributed by atoms with Gasteiger partial charge in [0.25, 0.3) is 0 Å². The summed E-state index contributed by atoms with van der Waals surface area (Å²) in [7, 11) is 0. The van der Waals surface area contributed by atoms with Crippen LogP contribution in [0, 0.1) is 0 Å². The fraction of sp³-hybridized carbons (Fsp3) is 0.364. The van der Waals surface area contributed by atoms with Gasteiger partial charge in [-0.1, -0.05) is 15.9 Å². The summed E-state index contributed by atoms with van der Waals surface area (Å²) in [5, 5.41) is 0. The summed E-state index contributed by atoms with van der Waals surface area (Å²) in [6.07, 6.45) is -5.16. The topological polar surface area (TPSA) is 43.8 Å². The molecule has 1 heterocycles. The number of benzene rings is 1. The summed E-state index contributed by atoms with van der Waals surface area (Å²) in [5.41, 5.74) is 6.88. The van der Waals surface area contributed by atoms with Crippen molar-refractivity contribution >= 4 is 32.9 Å². The Kier molecular flexibility index (Phi) is 3.27. The monoisotopic (exact) mass is 321 g/mol. The SMILES string of the molecule is CC(CC(F)(F)F)n1c(N)nc2cc(Br)ccc21. The number of anilines is 1. The number of alkyl halides is 3. The first-order valence-corrected chi connectivity index (χ1v) is 6.07. The lowest BCUT2D eigenvalue weighted by Crippen LogP contribution is -2.17. The van der Waals surface area contributed by atoms with E-state index < -0.39 is 18.6 Å². The number of nitrogen functional groups attached to an aromatic ring is 1. The Morgan fingerprint density at radius 1 is 1.44 bits per heavy atom. The molecule has 1 aromatic carbocycles. The molecule has 2 aromatic rings. The van der Waals surface area contributed by atoms with E-state index in [1.54, 1.807) is 18.2 Å². The van der Waals surface area contributed by atoms with Gasteiger partial charge < -0.3 is 10.3 Å². The maximum Gasteiger partial charge on any atom is 0.391 e. The molecule has 3 nitrogen and oxygen atoms in total. The van der Waals surface area contributed by atoms with Crippen LogP contribution in [0.4, 0.5) is 19.1 Å². The Labute approximate surface area is 110 Å². The average Bonchev–Trinajstić information content (AvgIpc) is 2.50. The van der Waals surface area contributed by atoms with E-state index in [2.05, 4.69) is 20.9 Å². The summed E-state index contributed by atoms with van der Waals surface area (Å²) in [6, 6.07) is 4.40. The lowest BCUT2D eigenvalue weighted by molar-refractivity contribution is -0.141. The van der Waals surface area contributed by atoms with Crippen LogP contribution >= 0.6 is 15.9 Å². The number of fused-ring (bicyclic) bond motifs is 1. The minimum Gasteiger partial charge on any atom is -0.369 e. The van der Waals surface area contributed by atoms with Gasteiger partial charge in [0.1, 0.15) is 0 Å². The van der Waals surface area contributed by atoms with Gasteiger partial charge in [-0.3, -0.25) is 0 Å². The second-order valence-electron chi connectivity index (χ2n) is 4.14.